The summed E-state index contributed by atoms with van der Waals surface area (Å²) in [5.74, 6) is -14.9. The number of nitrogens with zero attached hydrogens (tertiary/aromatic N) is 2. The first-order valence-corrected chi connectivity index (χ1v) is 42.1. The number of rotatable bonds is 51. The zero-order chi connectivity index (χ0) is 89.3. The highest BCUT2D eigenvalue weighted by molar-refractivity contribution is 14.1. The van der Waals surface area contributed by atoms with Crippen LogP contribution in [0.15, 0.2) is 110 Å². The molecule has 0 radical (unpaired) electrons. The van der Waals surface area contributed by atoms with E-state index in [4.69, 9.17) is 11.5 Å². The van der Waals surface area contributed by atoms with Crippen LogP contribution in [0.1, 0.15) is 156 Å². The maximum Gasteiger partial charge on any atom is 0.303 e. The molecule has 37 heteroatoms. The largest absolute Gasteiger partial charge is 0.508 e. The maximum absolute atomic E-state index is 15.2. The number of carbonyl (C=O) groups is 14. The van der Waals surface area contributed by atoms with Gasteiger partial charge in [0.1, 0.15) is 78.3 Å². The van der Waals surface area contributed by atoms with Crippen molar-refractivity contribution in [3.05, 3.63) is 138 Å². The monoisotopic (exact) mass is 1790 g/mol. The number of imidazole rings is 2. The Hall–Kier alpha value is -11.2. The van der Waals surface area contributed by atoms with Gasteiger partial charge in [0.25, 0.3) is 0 Å². The van der Waals surface area contributed by atoms with E-state index < -0.39 is 208 Å². The fourth-order valence-electron chi connectivity index (χ4n) is 13.4. The van der Waals surface area contributed by atoms with Crippen molar-refractivity contribution in [2.45, 2.75) is 244 Å². The Bertz CT molecular complexity index is 4410. The average molecular weight is 1790 g/mol. The molecule has 3 heterocycles. The number of amides is 12. The van der Waals surface area contributed by atoms with Gasteiger partial charge in [-0.25, -0.2) is 9.97 Å². The Labute approximate surface area is 717 Å². The molecule has 3 aromatic heterocycles. The summed E-state index contributed by atoms with van der Waals surface area (Å²) in [6.45, 7) is 18.2. The number of aromatic nitrogens is 5. The van der Waals surface area contributed by atoms with Crippen LogP contribution in [-0.4, -0.2) is 212 Å². The Morgan fingerprint density at radius 3 is 1.31 bits per heavy atom. The van der Waals surface area contributed by atoms with Crippen molar-refractivity contribution in [3.63, 3.8) is 0 Å². The molecule has 3 aromatic carbocycles. The highest BCUT2D eigenvalue weighted by Crippen LogP contribution is 2.23. The quantitative estimate of drug-likeness (QED) is 0.0147. The molecule has 0 spiro atoms. The molecule has 36 nitrogen and oxygen atoms in total. The van der Waals surface area contributed by atoms with Crippen LogP contribution in [0, 0.1) is 29.6 Å². The van der Waals surface area contributed by atoms with E-state index in [1.807, 2.05) is 19.1 Å². The Morgan fingerprint density at radius 2 is 0.810 bits per heavy atom. The number of fused-ring (bicyclic) bond motifs is 1. The lowest BCUT2D eigenvalue weighted by Gasteiger charge is -2.32. The second-order valence-electron chi connectivity index (χ2n) is 31.5. The van der Waals surface area contributed by atoms with Gasteiger partial charge >= 0.3 is 5.97 Å². The van der Waals surface area contributed by atoms with Crippen molar-refractivity contribution in [1.29, 1.82) is 0 Å². The fraction of sp³-hybridized carbons (Fsp3) is 0.524. The third-order valence-corrected chi connectivity index (χ3v) is 22.1. The zero-order valence-corrected chi connectivity index (χ0v) is 72.4. The van der Waals surface area contributed by atoms with Gasteiger partial charge in [-0.1, -0.05) is 149 Å². The molecular formula is C84H120IN19O17. The van der Waals surface area contributed by atoms with Crippen LogP contribution < -0.4 is 75.3 Å². The number of halogens is 1. The number of carbonyl (C=O) groups excluding carboxylic acids is 13. The lowest BCUT2D eigenvalue weighted by Crippen LogP contribution is -2.63. The Balaban J connectivity index is 1.22. The minimum atomic E-state index is -1.88. The summed E-state index contributed by atoms with van der Waals surface area (Å²) in [4.78, 5) is 217. The van der Waals surface area contributed by atoms with Gasteiger partial charge in [0.15, 0.2) is 0 Å². The summed E-state index contributed by atoms with van der Waals surface area (Å²) in [6.07, 6.45) is 5.51. The van der Waals surface area contributed by atoms with E-state index in [-0.39, 0.29) is 63.7 Å². The predicted octanol–water partition coefficient (Wildman–Crippen LogP) is 1.76. The van der Waals surface area contributed by atoms with Crippen molar-refractivity contribution >= 4 is 114 Å². The number of carboxylic acids is 1. The number of nitrogens with two attached hydrogens (primary N) is 2. The molecule has 22 N–H and O–H groups in total. The van der Waals surface area contributed by atoms with Crippen molar-refractivity contribution < 1.29 is 82.4 Å². The second kappa shape index (κ2) is 48.9. The first kappa shape index (κ1) is 98.6. The number of hydrogen-bond donors (Lipinski definition) is 20. The van der Waals surface area contributed by atoms with E-state index in [0.717, 1.165) is 6.92 Å². The van der Waals surface area contributed by atoms with E-state index >= 15 is 19.2 Å². The third-order valence-electron chi connectivity index (χ3n) is 21.4. The number of unbranched alkanes of at least 4 members (excludes halogenated alkanes) is 1. The van der Waals surface area contributed by atoms with Gasteiger partial charge in [0, 0.05) is 95.6 Å². The molecule has 0 aliphatic heterocycles. The van der Waals surface area contributed by atoms with Gasteiger partial charge in [-0.2, -0.15) is 0 Å². The molecule has 121 heavy (non-hydrogen) atoms. The molecule has 0 aliphatic rings. The van der Waals surface area contributed by atoms with Crippen LogP contribution in [0.5, 0.6) is 5.75 Å². The van der Waals surface area contributed by atoms with Gasteiger partial charge in [-0.3, -0.25) is 67.1 Å². The molecule has 0 fully saturated rings. The van der Waals surface area contributed by atoms with E-state index in [2.05, 4.69) is 88.7 Å². The summed E-state index contributed by atoms with van der Waals surface area (Å²) in [7, 11) is 0. The third kappa shape index (κ3) is 30.8. The maximum atomic E-state index is 15.2. The van der Waals surface area contributed by atoms with Crippen LogP contribution in [-0.2, 0) is 99.2 Å². The molecule has 0 saturated heterocycles. The zero-order valence-electron chi connectivity index (χ0n) is 70.2. The number of aliphatic hydroxyl groups is 1. The standard InChI is InChI=1S/C84H120IN19O17/c1-12-46(8)68(81(118)97-63(36-52-39-90-58-25-19-18-24-56(52)58)78(115)99-66(44(4)5)79(116)98-64(38-54-41-89-43-92-54)76(113)95-61(72(85)109)37-53-40-88-42-91-53)102-77(114)62(35-50-22-16-15-17-23-50)96-74(111)59(26-20-21-33-86)93-75(112)60(31-32-65(107)108)94-84(121)71(49(11)105)104-80(117)67(45(6)7)100-82(119)70(48(10)14-3)103-83(120)69(47(9)13-2)101-73(110)57(87)34-51-27-29-55(106)30-28-51/h15-19,22-25,27-30,39-49,57,59-64,66-71,90,105-106H,12-14,20-21,26,31-38,86-87H2,1-11H3,(H,88,91)(H,89,92)(H,93,112)(H,94,121)(H,95,113)(H,96,111)(H,97,118)(H,98,116)(H,99,115)(H,100,119)(H,101,110)(H,102,114)(H,103,120)(H,104,117)(H,107,108)/t46-,47-,48-,49+,57+,59-,60-,61-,62-,63-,64-,66-,67-,68-,69-,70-,71-/m0/s1. The van der Waals surface area contributed by atoms with E-state index in [1.165, 1.54) is 37.2 Å². The smallest absolute Gasteiger partial charge is 0.303 e. The fourth-order valence-corrected chi connectivity index (χ4v) is 13.8. The van der Waals surface area contributed by atoms with Gasteiger partial charge in [0.05, 0.1) is 24.8 Å². The van der Waals surface area contributed by atoms with Gasteiger partial charge in [-0.15, -0.1) is 0 Å². The topological polar surface area (TPSA) is 569 Å². The molecule has 6 rings (SSSR count). The molecule has 12 amide bonds. The molecule has 0 aliphatic carbocycles. The lowest BCUT2D eigenvalue weighted by atomic mass is 9.93. The number of benzene rings is 3. The molecule has 6 aromatic rings. The first-order chi connectivity index (χ1) is 57.5. The van der Waals surface area contributed by atoms with Crippen molar-refractivity contribution in [2.75, 3.05) is 6.54 Å². The minimum Gasteiger partial charge on any atom is -0.508 e. The number of aromatic hydroxyl groups is 1. The SMILES string of the molecule is CC[C@H](C)[C@H](NC(=O)[C@H](N)Cc1ccc(O)cc1)C(=O)N[C@H](C(=O)N[C@H](C(=O)N[C@H](C(=O)N[C@@H](CCC(=O)O)C(=O)N[C@@H](CCCCN)C(=O)N[C@@H](Cc1ccccc1)C(=O)N[C@H](C(=O)N[C@@H](Cc1c[nH]c2ccccc12)C(=O)N[C@H](C(=O)N[C@@H](Cc1cnc[nH]1)C(=O)N[C@@H](Cc1cnc[nH]1)C(=O)I)C(C)C)[C@@H](C)CC)[C@@H](C)O)C(C)C)[C@@H](C)CC. The van der Waals surface area contributed by atoms with E-state index in [9.17, 15) is 63.3 Å². The number of carboxylic acid groups (broad SMARTS) is 1. The number of aromatic amines is 3. The minimum absolute atomic E-state index is 0.0220. The highest BCUT2D eigenvalue weighted by atomic mass is 127. The van der Waals surface area contributed by atoms with Crippen LogP contribution in [0.25, 0.3) is 10.9 Å². The normalized spacial score (nSPS) is 15.6. The molecular weight excluding hydrogens is 1670 g/mol. The van der Waals surface area contributed by atoms with Crippen molar-refractivity contribution in [3.8, 4) is 5.75 Å². The number of aliphatic hydroxyl groups excluding tert-OH is 1. The lowest BCUT2D eigenvalue weighted by molar-refractivity contribution is -0.139. The molecule has 660 valence electrons. The molecule has 17 atom stereocenters. The first-order valence-electron chi connectivity index (χ1n) is 41.0. The van der Waals surface area contributed by atoms with Gasteiger partial charge in [0.2, 0.25) is 74.7 Å². The Kier molecular flexibility index (Phi) is 39.9. The Morgan fingerprint density at radius 1 is 0.421 bits per heavy atom. The van der Waals surface area contributed by atoms with Crippen molar-refractivity contribution in [1.82, 2.24) is 88.7 Å². The summed E-state index contributed by atoms with van der Waals surface area (Å²) in [5, 5.41) is 64.0. The van der Waals surface area contributed by atoms with Gasteiger partial charge in [-0.05, 0) is 110 Å². The summed E-state index contributed by atoms with van der Waals surface area (Å²) in [6, 6.07) is 3.51. The number of nitrogens with one attached hydrogen (secondary N) is 15. The number of H-pyrrole nitrogens is 3. The number of para-hydroxylation sites is 1. The van der Waals surface area contributed by atoms with Crippen LogP contribution >= 0.6 is 22.6 Å². The number of hydrogen-bond acceptors (Lipinski definition) is 20. The highest BCUT2D eigenvalue weighted by Gasteiger charge is 2.41. The molecule has 0 unspecified atom stereocenters. The van der Waals surface area contributed by atoms with Crippen molar-refractivity contribution in [2.24, 2.45) is 41.1 Å². The number of phenols is 1. The number of phenolic OH excluding ortho intramolecular Hbond substituents is 1. The summed E-state index contributed by atoms with van der Waals surface area (Å²) < 4.78 is -0.401. The van der Waals surface area contributed by atoms with Gasteiger partial charge < -0.3 is 106 Å². The van der Waals surface area contributed by atoms with E-state index in [1.54, 1.807) is 146 Å². The van der Waals surface area contributed by atoms with Crippen LogP contribution in [0.3, 0.4) is 0 Å². The summed E-state index contributed by atoms with van der Waals surface area (Å²) >= 11 is 1.58. The molecule has 0 saturated carbocycles. The van der Waals surface area contributed by atoms with Crippen LogP contribution in [0.4, 0.5) is 0 Å². The van der Waals surface area contributed by atoms with E-state index in [0.29, 0.717) is 58.2 Å². The average Bonchev–Trinajstić information content (AvgIpc) is 1.58. The predicted molar refractivity (Wildman–Crippen MR) is 458 cm³/mol. The molecule has 0 bridgehead atoms. The second-order valence-corrected chi connectivity index (χ2v) is 32.5. The summed E-state index contributed by atoms with van der Waals surface area (Å²) in [5.41, 5.74) is 15.7. The number of aliphatic carboxylic acids is 1. The van der Waals surface area contributed by atoms with Crippen LogP contribution in [0.2, 0.25) is 0 Å².